The molecule has 0 bridgehead atoms. The summed E-state index contributed by atoms with van der Waals surface area (Å²) in [7, 11) is 0. The number of anilines is 3. The summed E-state index contributed by atoms with van der Waals surface area (Å²) in [5, 5.41) is 2.27. The molecule has 2 nitrogen and oxygen atoms in total. The van der Waals surface area contributed by atoms with Crippen LogP contribution in [0.25, 0.3) is 77.6 Å². The lowest BCUT2D eigenvalue weighted by atomic mass is 9.68. The van der Waals surface area contributed by atoms with Gasteiger partial charge in [-0.3, -0.25) is 0 Å². The van der Waals surface area contributed by atoms with Crippen LogP contribution in [0.2, 0.25) is 0 Å². The molecule has 10 aromatic carbocycles. The number of nitrogens with zero attached hydrogens (tertiary/aromatic N) is 1. The normalized spacial score (nSPS) is 15.0. The zero-order valence-corrected chi connectivity index (χ0v) is 42.6. The third-order valence-electron chi connectivity index (χ3n) is 15.9. The van der Waals surface area contributed by atoms with Crippen molar-refractivity contribution < 1.29 is 4.42 Å². The fraction of sp³-hybridized carbons (Fsp3) is 0.155. The Morgan fingerprint density at radius 3 is 1.52 bits per heavy atom. The molecule has 13 rings (SSSR count). The van der Waals surface area contributed by atoms with Crippen molar-refractivity contribution in [2.75, 3.05) is 4.90 Å². The van der Waals surface area contributed by atoms with E-state index >= 15 is 0 Å². The SMILES string of the molecule is CC(C)(C)CC(c1cccc(-c2ccc3c(c2)C2(c4ccccc4-3)c3ccccc3-c3ccc(N(c4ccc(-c5ccccc5)cc4)c4ccc(-c5ccc6oc7ccccc7c6c5)cc4)cc32)c1)C(C)(C)C. The molecular weight excluding hydrogens is 883 g/mol. The Morgan fingerprint density at radius 2 is 0.849 bits per heavy atom. The molecule has 1 spiro atoms. The van der Waals surface area contributed by atoms with Gasteiger partial charge in [0.2, 0.25) is 0 Å². The molecular formula is C71H59NO. The van der Waals surface area contributed by atoms with Crippen LogP contribution in [-0.2, 0) is 5.41 Å². The van der Waals surface area contributed by atoms with E-state index in [1.54, 1.807) is 0 Å². The lowest BCUT2D eigenvalue weighted by Crippen LogP contribution is -2.26. The fourth-order valence-corrected chi connectivity index (χ4v) is 12.5. The van der Waals surface area contributed by atoms with Crippen LogP contribution in [-0.4, -0.2) is 0 Å². The van der Waals surface area contributed by atoms with E-state index in [4.69, 9.17) is 4.42 Å². The highest BCUT2D eigenvalue weighted by molar-refractivity contribution is 6.06. The predicted octanol–water partition coefficient (Wildman–Crippen LogP) is 20.0. The molecule has 2 aliphatic carbocycles. The van der Waals surface area contributed by atoms with E-state index in [1.165, 1.54) is 72.3 Å². The third kappa shape index (κ3) is 7.45. The summed E-state index contributed by atoms with van der Waals surface area (Å²) in [6.07, 6.45) is 1.12. The highest BCUT2D eigenvalue weighted by atomic mass is 16.3. The molecule has 0 fully saturated rings. The van der Waals surface area contributed by atoms with E-state index in [0.717, 1.165) is 56.5 Å². The highest BCUT2D eigenvalue weighted by Gasteiger charge is 2.52. The summed E-state index contributed by atoms with van der Waals surface area (Å²) < 4.78 is 6.21. The summed E-state index contributed by atoms with van der Waals surface area (Å²) in [5.74, 6) is 0.422. The number of rotatable bonds is 8. The van der Waals surface area contributed by atoms with Gasteiger partial charge in [0, 0.05) is 27.8 Å². The minimum absolute atomic E-state index is 0.121. The third-order valence-corrected chi connectivity index (χ3v) is 15.9. The number of hydrogen-bond donors (Lipinski definition) is 0. The Bertz CT molecular complexity index is 3890. The van der Waals surface area contributed by atoms with Crippen LogP contribution in [0.4, 0.5) is 17.1 Å². The van der Waals surface area contributed by atoms with Crippen molar-refractivity contribution in [2.45, 2.75) is 59.3 Å². The standard InChI is InChI=1S/C71H59NO/c1-69(2,3)45-66(70(4,5)6)52-20-16-19-49(41-52)51-31-38-58-56-21-10-13-24-62(56)71(64(58)43-51)63-25-14-11-22-57(63)59-39-37-55(44-65(59)71)72(53-33-27-47(28-34-53)46-17-8-7-9-18-46)54-35-29-48(30-36-54)50-32-40-68-61(42-50)60-23-12-15-26-67(60)73-68/h7-44,66H,45H2,1-6H3. The first-order chi connectivity index (χ1) is 35.4. The van der Waals surface area contributed by atoms with Gasteiger partial charge in [-0.2, -0.15) is 0 Å². The molecule has 11 aromatic rings. The first kappa shape index (κ1) is 44.7. The van der Waals surface area contributed by atoms with Gasteiger partial charge in [-0.05, 0) is 167 Å². The van der Waals surface area contributed by atoms with Crippen molar-refractivity contribution in [1.82, 2.24) is 0 Å². The number of hydrogen-bond acceptors (Lipinski definition) is 2. The van der Waals surface area contributed by atoms with E-state index in [9.17, 15) is 0 Å². The van der Waals surface area contributed by atoms with Gasteiger partial charge >= 0.3 is 0 Å². The minimum atomic E-state index is -0.537. The van der Waals surface area contributed by atoms with Crippen LogP contribution in [0.15, 0.2) is 235 Å². The zero-order chi connectivity index (χ0) is 49.6. The van der Waals surface area contributed by atoms with Crippen molar-refractivity contribution in [2.24, 2.45) is 10.8 Å². The van der Waals surface area contributed by atoms with Gasteiger partial charge in [0.15, 0.2) is 0 Å². The molecule has 0 radical (unpaired) electrons. The quantitative estimate of drug-likeness (QED) is 0.151. The molecule has 73 heavy (non-hydrogen) atoms. The van der Waals surface area contributed by atoms with Gasteiger partial charge in [0.05, 0.1) is 5.41 Å². The highest BCUT2D eigenvalue weighted by Crippen LogP contribution is 2.64. The van der Waals surface area contributed by atoms with Crippen LogP contribution < -0.4 is 4.90 Å². The molecule has 0 amide bonds. The monoisotopic (exact) mass is 941 g/mol. The minimum Gasteiger partial charge on any atom is -0.456 e. The van der Waals surface area contributed by atoms with Crippen molar-refractivity contribution in [1.29, 1.82) is 0 Å². The average molecular weight is 942 g/mol. The lowest BCUT2D eigenvalue weighted by molar-refractivity contribution is 0.229. The summed E-state index contributed by atoms with van der Waals surface area (Å²) in [5.41, 5.74) is 24.0. The largest absolute Gasteiger partial charge is 0.456 e. The van der Waals surface area contributed by atoms with E-state index < -0.39 is 5.41 Å². The van der Waals surface area contributed by atoms with Gasteiger partial charge in [0.1, 0.15) is 11.2 Å². The van der Waals surface area contributed by atoms with E-state index in [2.05, 4.69) is 265 Å². The van der Waals surface area contributed by atoms with Crippen molar-refractivity contribution in [3.05, 3.63) is 258 Å². The molecule has 0 saturated heterocycles. The Hall–Kier alpha value is -8.20. The van der Waals surface area contributed by atoms with Gasteiger partial charge in [-0.1, -0.05) is 211 Å². The number of furan rings is 1. The second-order valence-electron chi connectivity index (χ2n) is 22.7. The molecule has 0 saturated carbocycles. The first-order valence-electron chi connectivity index (χ1n) is 26.0. The van der Waals surface area contributed by atoms with E-state index in [-0.39, 0.29) is 10.8 Å². The zero-order valence-electron chi connectivity index (χ0n) is 42.6. The van der Waals surface area contributed by atoms with Crippen LogP contribution in [0.3, 0.4) is 0 Å². The summed E-state index contributed by atoms with van der Waals surface area (Å²) in [4.78, 5) is 2.44. The molecule has 1 aromatic heterocycles. The number of fused-ring (bicyclic) bond motifs is 13. The Balaban J connectivity index is 0.975. The summed E-state index contributed by atoms with van der Waals surface area (Å²) in [6, 6.07) is 86.0. The fourth-order valence-electron chi connectivity index (χ4n) is 12.5. The molecule has 2 heteroatoms. The molecule has 0 aliphatic heterocycles. The number of para-hydroxylation sites is 1. The average Bonchev–Trinajstić information content (AvgIpc) is 4.06. The Labute approximate surface area is 430 Å². The molecule has 2 aliphatic rings. The molecule has 2 unspecified atom stereocenters. The Morgan fingerprint density at radius 1 is 0.370 bits per heavy atom. The van der Waals surface area contributed by atoms with E-state index in [0.29, 0.717) is 5.92 Å². The first-order valence-corrected chi connectivity index (χ1v) is 26.0. The van der Waals surface area contributed by atoms with Crippen LogP contribution in [0.5, 0.6) is 0 Å². The van der Waals surface area contributed by atoms with Crippen molar-refractivity contribution in [3.63, 3.8) is 0 Å². The number of benzene rings is 10. The van der Waals surface area contributed by atoms with Gasteiger partial charge in [-0.25, -0.2) is 0 Å². The van der Waals surface area contributed by atoms with E-state index in [1.807, 2.05) is 12.1 Å². The maximum absolute atomic E-state index is 6.21. The predicted molar refractivity (Wildman–Crippen MR) is 307 cm³/mol. The molecule has 0 N–H and O–H groups in total. The Kier molecular flexibility index (Phi) is 10.4. The second kappa shape index (κ2) is 17.0. The van der Waals surface area contributed by atoms with Crippen LogP contribution in [0, 0.1) is 10.8 Å². The maximum Gasteiger partial charge on any atom is 0.135 e. The van der Waals surface area contributed by atoms with Gasteiger partial charge < -0.3 is 9.32 Å². The maximum atomic E-state index is 6.21. The van der Waals surface area contributed by atoms with Crippen LogP contribution >= 0.6 is 0 Å². The van der Waals surface area contributed by atoms with Gasteiger partial charge in [-0.15, -0.1) is 0 Å². The topological polar surface area (TPSA) is 16.4 Å². The molecule has 1 heterocycles. The van der Waals surface area contributed by atoms with Gasteiger partial charge in [0.25, 0.3) is 0 Å². The smallest absolute Gasteiger partial charge is 0.135 e. The van der Waals surface area contributed by atoms with Crippen molar-refractivity contribution in [3.8, 4) is 55.6 Å². The lowest BCUT2D eigenvalue weighted by Gasteiger charge is -2.36. The molecule has 2 atom stereocenters. The second-order valence-corrected chi connectivity index (χ2v) is 22.7. The summed E-state index contributed by atoms with van der Waals surface area (Å²) >= 11 is 0. The molecule has 354 valence electrons. The van der Waals surface area contributed by atoms with Crippen LogP contribution in [0.1, 0.15) is 81.7 Å². The van der Waals surface area contributed by atoms with Crippen molar-refractivity contribution >= 4 is 39.0 Å². The summed E-state index contributed by atoms with van der Waals surface area (Å²) in [6.45, 7) is 14.3.